The molecule has 3 aromatic carbocycles. The number of carbonyl (C=O) groups is 1. The highest BCUT2D eigenvalue weighted by molar-refractivity contribution is 7.89. The van der Waals surface area contributed by atoms with Crippen LogP contribution in [-0.2, 0) is 25.1 Å². The zero-order valence-electron chi connectivity index (χ0n) is 27.0. The molecule has 4 aromatic rings. The number of halogens is 2. The number of likely N-dealkylation sites (tertiary alicyclic amines) is 1. The van der Waals surface area contributed by atoms with Crippen LogP contribution < -0.4 is 4.89 Å². The van der Waals surface area contributed by atoms with E-state index in [1.54, 1.807) is 35.2 Å². The topological polar surface area (TPSA) is 96.8 Å². The van der Waals surface area contributed by atoms with Gasteiger partial charge in [0.05, 0.1) is 15.9 Å². The summed E-state index contributed by atoms with van der Waals surface area (Å²) in [7, 11) is -4.00. The molecular weight excluding hydrogens is 653 g/mol. The fraction of sp³-hybridized carbons (Fsp3) is 0.444. The van der Waals surface area contributed by atoms with E-state index in [0.717, 1.165) is 42.7 Å². The predicted molar refractivity (Wildman–Crippen MR) is 182 cm³/mol. The second-order valence-corrected chi connectivity index (χ2v) is 15.5. The van der Waals surface area contributed by atoms with Crippen LogP contribution in [-0.4, -0.2) is 71.0 Å². The fourth-order valence-corrected chi connectivity index (χ4v) is 9.46. The van der Waals surface area contributed by atoms with E-state index in [0.29, 0.717) is 44.1 Å². The van der Waals surface area contributed by atoms with E-state index >= 15 is 0 Å². The number of sulfonamides is 1. The van der Waals surface area contributed by atoms with E-state index in [1.807, 2.05) is 17.0 Å². The van der Waals surface area contributed by atoms with Crippen molar-refractivity contribution in [3.63, 3.8) is 0 Å². The standard InChI is InChI=1S/C36H41ClFN5O4S/c1-25-39-32-12-5-6-13-33(32)43(25)30-23-28-14-15-29(24-30)42(28)21-18-36(26-8-7-9-27(38)22-26)16-19-41(20-17-36)35(44)34(37)47-40-48(45,46)31-10-3-2-4-11-31/h2-13,22,28-30,34,40H,14-21,23-24H2,1H3/t28-,29+,30?,34?. The van der Waals surface area contributed by atoms with Gasteiger partial charge in [-0.15, -0.1) is 0 Å². The number of aryl methyl sites for hydroxylation is 1. The minimum absolute atomic E-state index is 0.00200. The molecule has 0 spiro atoms. The van der Waals surface area contributed by atoms with Gasteiger partial charge in [-0.2, -0.15) is 0 Å². The molecule has 2 unspecified atom stereocenters. The molecule has 4 heterocycles. The van der Waals surface area contributed by atoms with Crippen molar-refractivity contribution in [3.05, 3.63) is 96.1 Å². The Kier molecular flexibility index (Phi) is 9.34. The minimum Gasteiger partial charge on any atom is -0.339 e. The second-order valence-electron chi connectivity index (χ2n) is 13.5. The number of alkyl halides is 1. The molecular formula is C36H41ClFN5O4S. The number of imidazole rings is 1. The third kappa shape index (κ3) is 6.50. The summed E-state index contributed by atoms with van der Waals surface area (Å²) in [5.74, 6) is 0.287. The summed E-state index contributed by atoms with van der Waals surface area (Å²) in [6, 6.07) is 24.3. The number of fused-ring (bicyclic) bond motifs is 3. The van der Waals surface area contributed by atoms with E-state index in [9.17, 15) is 17.6 Å². The number of hydrogen-bond donors (Lipinski definition) is 1. The second kappa shape index (κ2) is 13.5. The normalized spacial score (nSPS) is 23.4. The van der Waals surface area contributed by atoms with Gasteiger partial charge in [0.25, 0.3) is 15.9 Å². The Morgan fingerprint density at radius 1 is 1.00 bits per heavy atom. The maximum Gasteiger partial charge on any atom is 0.269 e. The Balaban J connectivity index is 1.01. The maximum atomic E-state index is 14.6. The lowest BCUT2D eigenvalue weighted by Crippen LogP contribution is -2.50. The third-order valence-electron chi connectivity index (χ3n) is 10.8. The van der Waals surface area contributed by atoms with Gasteiger partial charge in [0.1, 0.15) is 11.6 Å². The highest BCUT2D eigenvalue weighted by Crippen LogP contribution is 2.45. The average Bonchev–Trinajstić information content (AvgIpc) is 3.56. The summed E-state index contributed by atoms with van der Waals surface area (Å²) in [4.78, 5) is 29.5. The lowest BCUT2D eigenvalue weighted by atomic mass is 9.70. The SMILES string of the molecule is Cc1nc2ccccc2n1C1C[C@H]2CC[C@@H](C1)N2CCC1(c2cccc(F)c2)CCN(C(=O)C(Cl)ONS(=O)(=O)c2ccccc2)CC1. The number of nitrogens with one attached hydrogen (secondary N) is 1. The molecule has 9 nitrogen and oxygen atoms in total. The summed E-state index contributed by atoms with van der Waals surface area (Å²) in [5.41, 5.74) is 1.36. The summed E-state index contributed by atoms with van der Waals surface area (Å²) < 4.78 is 42.1. The summed E-state index contributed by atoms with van der Waals surface area (Å²) in [6.07, 6.45) is 6.62. The molecule has 3 fully saturated rings. The lowest BCUT2D eigenvalue weighted by molar-refractivity contribution is -0.142. The van der Waals surface area contributed by atoms with Crippen molar-refractivity contribution in [2.75, 3.05) is 19.6 Å². The molecule has 3 aliphatic heterocycles. The van der Waals surface area contributed by atoms with Gasteiger partial charge in [0.15, 0.2) is 0 Å². The Hall–Kier alpha value is -3.35. The first-order valence-electron chi connectivity index (χ1n) is 16.7. The van der Waals surface area contributed by atoms with E-state index < -0.39 is 21.5 Å². The largest absolute Gasteiger partial charge is 0.339 e. The first-order chi connectivity index (χ1) is 23.1. The van der Waals surface area contributed by atoms with Crippen molar-refractivity contribution in [3.8, 4) is 0 Å². The number of piperidine rings is 2. The molecule has 12 heteroatoms. The zero-order valence-corrected chi connectivity index (χ0v) is 28.5. The number of aromatic nitrogens is 2. The lowest BCUT2D eigenvalue weighted by Gasteiger charge is -2.46. The van der Waals surface area contributed by atoms with E-state index in [1.165, 1.54) is 36.6 Å². The van der Waals surface area contributed by atoms with Gasteiger partial charge >= 0.3 is 0 Å². The summed E-state index contributed by atoms with van der Waals surface area (Å²) in [5, 5.41) is 0. The van der Waals surface area contributed by atoms with Gasteiger partial charge in [-0.1, -0.05) is 59.0 Å². The number of hydrogen-bond acceptors (Lipinski definition) is 6. The van der Waals surface area contributed by atoms with Crippen LogP contribution >= 0.6 is 11.6 Å². The van der Waals surface area contributed by atoms with Crippen molar-refractivity contribution in [2.24, 2.45) is 0 Å². The van der Waals surface area contributed by atoms with Crippen LogP contribution in [0.2, 0.25) is 0 Å². The number of nitrogens with zero attached hydrogens (tertiary/aromatic N) is 4. The van der Waals surface area contributed by atoms with Crippen molar-refractivity contribution >= 4 is 38.6 Å². The number of benzene rings is 3. The first kappa shape index (κ1) is 33.2. The number of carbonyl (C=O) groups excluding carboxylic acids is 1. The van der Waals surface area contributed by atoms with Gasteiger partial charge in [0, 0.05) is 31.2 Å². The van der Waals surface area contributed by atoms with Gasteiger partial charge < -0.3 is 9.47 Å². The maximum absolute atomic E-state index is 14.6. The fourth-order valence-electron chi connectivity index (χ4n) is 8.39. The Bertz CT molecular complexity index is 1870. The van der Waals surface area contributed by atoms with Crippen LogP contribution in [0.1, 0.15) is 62.4 Å². The van der Waals surface area contributed by atoms with E-state index in [2.05, 4.69) is 34.6 Å². The number of amides is 1. The molecule has 3 saturated heterocycles. The molecule has 0 aliphatic carbocycles. The predicted octanol–water partition coefficient (Wildman–Crippen LogP) is 6.08. The van der Waals surface area contributed by atoms with E-state index in [-0.39, 0.29) is 16.1 Å². The van der Waals surface area contributed by atoms with Crippen LogP contribution in [0.15, 0.2) is 83.8 Å². The Labute approximate surface area is 286 Å². The molecule has 254 valence electrons. The van der Waals surface area contributed by atoms with Crippen LogP contribution in [0.25, 0.3) is 11.0 Å². The molecule has 2 bridgehead atoms. The molecule has 0 saturated carbocycles. The molecule has 48 heavy (non-hydrogen) atoms. The molecule has 1 aromatic heterocycles. The minimum atomic E-state index is -4.00. The zero-order chi connectivity index (χ0) is 33.5. The number of para-hydroxylation sites is 2. The Morgan fingerprint density at radius 2 is 1.69 bits per heavy atom. The van der Waals surface area contributed by atoms with Crippen molar-refractivity contribution < 1.29 is 22.4 Å². The van der Waals surface area contributed by atoms with Crippen molar-refractivity contribution in [1.29, 1.82) is 0 Å². The number of rotatable bonds is 10. The molecule has 3 aliphatic rings. The smallest absolute Gasteiger partial charge is 0.269 e. The van der Waals surface area contributed by atoms with Crippen molar-refractivity contribution in [1.82, 2.24) is 24.2 Å². The Morgan fingerprint density at radius 3 is 2.40 bits per heavy atom. The van der Waals surface area contributed by atoms with Crippen LogP contribution in [0.4, 0.5) is 4.39 Å². The summed E-state index contributed by atoms with van der Waals surface area (Å²) in [6.45, 7) is 3.80. The highest BCUT2D eigenvalue weighted by Gasteiger charge is 2.44. The summed E-state index contributed by atoms with van der Waals surface area (Å²) >= 11 is 6.26. The molecule has 1 N–H and O–H groups in total. The third-order valence-corrected chi connectivity index (χ3v) is 12.3. The molecule has 1 amide bonds. The monoisotopic (exact) mass is 693 g/mol. The van der Waals surface area contributed by atoms with Gasteiger partial charge in [-0.25, -0.2) is 17.8 Å². The highest BCUT2D eigenvalue weighted by atomic mass is 35.5. The van der Waals surface area contributed by atoms with Gasteiger partial charge in [-0.3, -0.25) is 14.5 Å². The van der Waals surface area contributed by atoms with E-state index in [4.69, 9.17) is 21.4 Å². The molecule has 4 atom stereocenters. The van der Waals surface area contributed by atoms with Gasteiger partial charge in [0.2, 0.25) is 5.56 Å². The quantitative estimate of drug-likeness (QED) is 0.160. The molecule has 7 rings (SSSR count). The van der Waals surface area contributed by atoms with Crippen LogP contribution in [0.5, 0.6) is 0 Å². The van der Waals surface area contributed by atoms with Crippen LogP contribution in [0.3, 0.4) is 0 Å². The van der Waals surface area contributed by atoms with Gasteiger partial charge in [-0.05, 0) is 106 Å². The average molecular weight is 694 g/mol. The van der Waals surface area contributed by atoms with Crippen LogP contribution in [0, 0.1) is 12.7 Å². The first-order valence-corrected chi connectivity index (χ1v) is 18.7. The van der Waals surface area contributed by atoms with Crippen molar-refractivity contribution in [2.45, 2.75) is 85.9 Å². The molecule has 0 radical (unpaired) electrons.